The molecule has 1 atom stereocenters. The fourth-order valence-corrected chi connectivity index (χ4v) is 2.05. The standard InChI is InChI=1S/C12H15ClF3N/c1-8-5-9(7-10(13)6-8)11(17-2)3-4-12(14,15)16/h5-7,11,17H,3-4H2,1-2H3. The minimum Gasteiger partial charge on any atom is -0.313 e. The summed E-state index contributed by atoms with van der Waals surface area (Å²) in [5.41, 5.74) is 1.74. The van der Waals surface area contributed by atoms with Gasteiger partial charge in [-0.25, -0.2) is 0 Å². The third kappa shape index (κ3) is 4.96. The van der Waals surface area contributed by atoms with E-state index in [0.29, 0.717) is 5.02 Å². The molecule has 0 aliphatic rings. The zero-order chi connectivity index (χ0) is 13.1. The molecule has 0 amide bonds. The molecule has 0 saturated carbocycles. The van der Waals surface area contributed by atoms with Crippen molar-refractivity contribution in [3.05, 3.63) is 34.3 Å². The van der Waals surface area contributed by atoms with Crippen molar-refractivity contribution in [3.63, 3.8) is 0 Å². The Kier molecular flexibility index (Phi) is 4.83. The van der Waals surface area contributed by atoms with Crippen molar-refractivity contribution in [2.75, 3.05) is 7.05 Å². The molecule has 1 nitrogen and oxygen atoms in total. The molecule has 0 aromatic heterocycles. The van der Waals surface area contributed by atoms with Crippen LogP contribution in [0.25, 0.3) is 0 Å². The molecule has 0 aliphatic carbocycles. The molecule has 1 aromatic carbocycles. The minimum absolute atomic E-state index is 0.0137. The number of aryl methyl sites for hydroxylation is 1. The van der Waals surface area contributed by atoms with E-state index < -0.39 is 12.6 Å². The molecule has 0 saturated heterocycles. The van der Waals surface area contributed by atoms with E-state index in [1.807, 2.05) is 13.0 Å². The van der Waals surface area contributed by atoms with Gasteiger partial charge in [-0.05, 0) is 43.7 Å². The average Bonchev–Trinajstić information content (AvgIpc) is 2.15. The van der Waals surface area contributed by atoms with Gasteiger partial charge < -0.3 is 5.32 Å². The lowest BCUT2D eigenvalue weighted by Gasteiger charge is -2.18. The molecule has 5 heteroatoms. The Balaban J connectivity index is 2.79. The molecule has 0 fully saturated rings. The Bertz CT molecular complexity index is 356. The van der Waals surface area contributed by atoms with Crippen LogP contribution in [0.2, 0.25) is 5.02 Å². The summed E-state index contributed by atoms with van der Waals surface area (Å²) in [6, 6.07) is 5.01. The van der Waals surface area contributed by atoms with Crippen molar-refractivity contribution < 1.29 is 13.2 Å². The highest BCUT2D eigenvalue weighted by Crippen LogP contribution is 2.29. The molecular weight excluding hydrogens is 251 g/mol. The minimum atomic E-state index is -4.12. The molecule has 0 spiro atoms. The highest BCUT2D eigenvalue weighted by molar-refractivity contribution is 6.30. The normalized spacial score (nSPS) is 13.8. The molecule has 0 radical (unpaired) electrons. The largest absolute Gasteiger partial charge is 0.389 e. The zero-order valence-corrected chi connectivity index (χ0v) is 10.5. The van der Waals surface area contributed by atoms with E-state index in [2.05, 4.69) is 5.32 Å². The first kappa shape index (κ1) is 14.3. The number of nitrogens with one attached hydrogen (secondary N) is 1. The van der Waals surface area contributed by atoms with Gasteiger partial charge in [0.2, 0.25) is 0 Å². The van der Waals surface area contributed by atoms with Crippen molar-refractivity contribution in [2.24, 2.45) is 0 Å². The maximum Gasteiger partial charge on any atom is 0.389 e. The topological polar surface area (TPSA) is 12.0 Å². The Morgan fingerprint density at radius 3 is 2.41 bits per heavy atom. The number of alkyl halides is 3. The number of hydrogen-bond donors (Lipinski definition) is 1. The van der Waals surface area contributed by atoms with Crippen LogP contribution in [0.1, 0.15) is 30.0 Å². The molecular formula is C12H15ClF3N. The third-order valence-corrected chi connectivity index (χ3v) is 2.75. The first-order valence-corrected chi connectivity index (χ1v) is 5.71. The average molecular weight is 266 g/mol. The number of benzene rings is 1. The van der Waals surface area contributed by atoms with Gasteiger partial charge in [-0.1, -0.05) is 17.7 Å². The molecule has 1 unspecified atom stereocenters. The van der Waals surface area contributed by atoms with Crippen LogP contribution in [0.3, 0.4) is 0 Å². The van der Waals surface area contributed by atoms with Gasteiger partial charge in [0.25, 0.3) is 0 Å². The predicted octanol–water partition coefficient (Wildman–Crippen LogP) is 4.25. The van der Waals surface area contributed by atoms with Crippen LogP contribution in [-0.2, 0) is 0 Å². The van der Waals surface area contributed by atoms with Gasteiger partial charge in [0, 0.05) is 17.5 Å². The molecule has 0 bridgehead atoms. The lowest BCUT2D eigenvalue weighted by atomic mass is 10.0. The van der Waals surface area contributed by atoms with E-state index >= 15 is 0 Å². The van der Waals surface area contributed by atoms with Crippen LogP contribution in [0.15, 0.2) is 18.2 Å². The summed E-state index contributed by atoms with van der Waals surface area (Å²) in [4.78, 5) is 0. The van der Waals surface area contributed by atoms with Crippen LogP contribution in [0.5, 0.6) is 0 Å². The molecule has 1 rings (SSSR count). The summed E-state index contributed by atoms with van der Waals surface area (Å²) in [5.74, 6) is 0. The quantitative estimate of drug-likeness (QED) is 0.858. The molecule has 1 aromatic rings. The second kappa shape index (κ2) is 5.74. The van der Waals surface area contributed by atoms with Crippen LogP contribution >= 0.6 is 11.6 Å². The monoisotopic (exact) mass is 265 g/mol. The Morgan fingerprint density at radius 1 is 1.29 bits per heavy atom. The van der Waals surface area contributed by atoms with Gasteiger partial charge in [-0.15, -0.1) is 0 Å². The first-order valence-electron chi connectivity index (χ1n) is 5.33. The zero-order valence-electron chi connectivity index (χ0n) is 9.74. The second-order valence-electron chi connectivity index (χ2n) is 4.06. The molecule has 0 aliphatic heterocycles. The molecule has 1 N–H and O–H groups in total. The summed E-state index contributed by atoms with van der Waals surface area (Å²) >= 11 is 5.89. The van der Waals surface area contributed by atoms with Crippen LogP contribution in [0, 0.1) is 6.92 Å². The highest BCUT2D eigenvalue weighted by atomic mass is 35.5. The van der Waals surface area contributed by atoms with Crippen molar-refractivity contribution in [1.82, 2.24) is 5.32 Å². The predicted molar refractivity (Wildman–Crippen MR) is 63.3 cm³/mol. The number of rotatable bonds is 4. The van der Waals surface area contributed by atoms with Crippen LogP contribution in [0.4, 0.5) is 13.2 Å². The third-order valence-electron chi connectivity index (χ3n) is 2.53. The number of halogens is 4. The Labute approximate surface area is 104 Å². The fraction of sp³-hybridized carbons (Fsp3) is 0.500. The molecule has 0 heterocycles. The second-order valence-corrected chi connectivity index (χ2v) is 4.49. The smallest absolute Gasteiger partial charge is 0.313 e. The van der Waals surface area contributed by atoms with Gasteiger partial charge >= 0.3 is 6.18 Å². The van der Waals surface area contributed by atoms with Gasteiger partial charge in [0.15, 0.2) is 0 Å². The van der Waals surface area contributed by atoms with E-state index in [4.69, 9.17) is 11.6 Å². The van der Waals surface area contributed by atoms with Crippen molar-refractivity contribution >= 4 is 11.6 Å². The summed E-state index contributed by atoms with van der Waals surface area (Å²) in [5, 5.41) is 3.44. The van der Waals surface area contributed by atoms with Gasteiger partial charge in [0.05, 0.1) is 0 Å². The van der Waals surface area contributed by atoms with E-state index in [1.165, 1.54) is 0 Å². The Hall–Kier alpha value is -0.740. The van der Waals surface area contributed by atoms with E-state index in [9.17, 15) is 13.2 Å². The van der Waals surface area contributed by atoms with Crippen molar-refractivity contribution in [1.29, 1.82) is 0 Å². The molecule has 96 valence electrons. The van der Waals surface area contributed by atoms with Crippen LogP contribution < -0.4 is 5.32 Å². The van der Waals surface area contributed by atoms with Gasteiger partial charge in [-0.3, -0.25) is 0 Å². The summed E-state index contributed by atoms with van der Waals surface area (Å²) < 4.78 is 36.5. The van der Waals surface area contributed by atoms with Gasteiger partial charge in [0.1, 0.15) is 0 Å². The maximum absolute atomic E-state index is 12.2. The molecule has 17 heavy (non-hydrogen) atoms. The van der Waals surface area contributed by atoms with Crippen molar-refractivity contribution in [3.8, 4) is 0 Å². The summed E-state index contributed by atoms with van der Waals surface area (Å²) in [7, 11) is 1.65. The first-order chi connectivity index (χ1) is 7.81. The number of hydrogen-bond acceptors (Lipinski definition) is 1. The van der Waals surface area contributed by atoms with E-state index in [1.54, 1.807) is 19.2 Å². The highest BCUT2D eigenvalue weighted by Gasteiger charge is 2.28. The lowest BCUT2D eigenvalue weighted by Crippen LogP contribution is -2.19. The van der Waals surface area contributed by atoms with Crippen molar-refractivity contribution in [2.45, 2.75) is 32.0 Å². The summed E-state index contributed by atoms with van der Waals surface area (Å²) in [6.45, 7) is 1.87. The van der Waals surface area contributed by atoms with E-state index in [0.717, 1.165) is 11.1 Å². The maximum atomic E-state index is 12.2. The fourth-order valence-electron chi connectivity index (χ4n) is 1.75. The van der Waals surface area contributed by atoms with Gasteiger partial charge in [-0.2, -0.15) is 13.2 Å². The van der Waals surface area contributed by atoms with E-state index in [-0.39, 0.29) is 12.5 Å². The summed E-state index contributed by atoms with van der Waals surface area (Å²) in [6.07, 6.45) is -4.91. The Morgan fingerprint density at radius 2 is 1.94 bits per heavy atom. The lowest BCUT2D eigenvalue weighted by molar-refractivity contribution is -0.136. The van der Waals surface area contributed by atoms with Crippen LogP contribution in [-0.4, -0.2) is 13.2 Å². The SMILES string of the molecule is CNC(CCC(F)(F)F)c1cc(C)cc(Cl)c1.